The SMILES string of the molecule is CC(C)N1CC(C(=O)Cl)CC1=O. The molecule has 4 heteroatoms. The van der Waals surface area contributed by atoms with Gasteiger partial charge in [-0.25, -0.2) is 0 Å². The van der Waals surface area contributed by atoms with Crippen LogP contribution < -0.4 is 0 Å². The molecule has 0 saturated carbocycles. The Hall–Kier alpha value is -0.570. The monoisotopic (exact) mass is 189 g/mol. The minimum absolute atomic E-state index is 0.0315. The number of nitrogens with zero attached hydrogens (tertiary/aromatic N) is 1. The first-order valence-corrected chi connectivity index (χ1v) is 4.39. The quantitative estimate of drug-likeness (QED) is 0.608. The van der Waals surface area contributed by atoms with Crippen LogP contribution >= 0.6 is 11.6 Å². The second-order valence-electron chi connectivity index (χ2n) is 3.35. The summed E-state index contributed by atoms with van der Waals surface area (Å²) in [6.45, 7) is 4.34. The molecular weight excluding hydrogens is 178 g/mol. The van der Waals surface area contributed by atoms with Crippen LogP contribution in [-0.4, -0.2) is 28.6 Å². The van der Waals surface area contributed by atoms with E-state index in [0.717, 1.165) is 0 Å². The number of likely N-dealkylation sites (tertiary alicyclic amines) is 1. The Morgan fingerprint density at radius 2 is 2.25 bits per heavy atom. The average Bonchev–Trinajstić information content (AvgIpc) is 2.30. The standard InChI is InChI=1S/C8H12ClNO2/c1-5(2)10-4-6(8(9)12)3-7(10)11/h5-6H,3-4H2,1-2H3. The second kappa shape index (κ2) is 3.44. The number of carbonyl (C=O) groups is 2. The van der Waals surface area contributed by atoms with E-state index in [-0.39, 0.29) is 24.3 Å². The first kappa shape index (κ1) is 9.52. The molecule has 1 atom stereocenters. The Labute approximate surface area is 76.7 Å². The fourth-order valence-corrected chi connectivity index (χ4v) is 1.53. The first-order valence-electron chi connectivity index (χ1n) is 4.01. The van der Waals surface area contributed by atoms with Crippen molar-refractivity contribution in [1.82, 2.24) is 4.90 Å². The maximum Gasteiger partial charge on any atom is 0.227 e. The van der Waals surface area contributed by atoms with Crippen molar-refractivity contribution in [3.05, 3.63) is 0 Å². The van der Waals surface area contributed by atoms with E-state index in [1.165, 1.54) is 0 Å². The maximum atomic E-state index is 11.2. The van der Waals surface area contributed by atoms with Crippen LogP contribution in [0.2, 0.25) is 0 Å². The van der Waals surface area contributed by atoms with Gasteiger partial charge < -0.3 is 4.90 Å². The molecule has 0 aromatic rings. The van der Waals surface area contributed by atoms with Crippen molar-refractivity contribution in [3.63, 3.8) is 0 Å². The zero-order valence-electron chi connectivity index (χ0n) is 7.21. The highest BCUT2D eigenvalue weighted by molar-refractivity contribution is 6.64. The summed E-state index contributed by atoms with van der Waals surface area (Å²) >= 11 is 5.30. The number of carbonyl (C=O) groups excluding carboxylic acids is 2. The van der Waals surface area contributed by atoms with Crippen LogP contribution in [0.15, 0.2) is 0 Å². The second-order valence-corrected chi connectivity index (χ2v) is 3.72. The van der Waals surface area contributed by atoms with Crippen LogP contribution in [0.25, 0.3) is 0 Å². The minimum Gasteiger partial charge on any atom is -0.339 e. The van der Waals surface area contributed by atoms with E-state index in [1.807, 2.05) is 13.8 Å². The summed E-state index contributed by atoms with van der Waals surface area (Å²) in [6.07, 6.45) is 0.278. The Bertz CT molecular complexity index is 215. The predicted octanol–water partition coefficient (Wildman–Crippen LogP) is 1.01. The summed E-state index contributed by atoms with van der Waals surface area (Å²) in [5.74, 6) is -0.259. The molecular formula is C8H12ClNO2. The molecule has 68 valence electrons. The largest absolute Gasteiger partial charge is 0.339 e. The molecule has 0 aromatic carbocycles. The summed E-state index contributed by atoms with van der Waals surface area (Å²) in [6, 6.07) is 0.165. The van der Waals surface area contributed by atoms with Gasteiger partial charge >= 0.3 is 0 Å². The van der Waals surface area contributed by atoms with Crippen molar-refractivity contribution in [3.8, 4) is 0 Å². The van der Waals surface area contributed by atoms with Gasteiger partial charge in [-0.05, 0) is 25.4 Å². The molecule has 12 heavy (non-hydrogen) atoms. The zero-order valence-corrected chi connectivity index (χ0v) is 7.97. The van der Waals surface area contributed by atoms with Gasteiger partial charge in [-0.2, -0.15) is 0 Å². The fraction of sp³-hybridized carbons (Fsp3) is 0.750. The highest BCUT2D eigenvalue weighted by Crippen LogP contribution is 2.21. The van der Waals surface area contributed by atoms with Gasteiger partial charge in [0, 0.05) is 19.0 Å². The minimum atomic E-state index is -0.397. The summed E-state index contributed by atoms with van der Waals surface area (Å²) in [7, 11) is 0. The van der Waals surface area contributed by atoms with Crippen molar-refractivity contribution >= 4 is 22.8 Å². The summed E-state index contributed by atoms with van der Waals surface area (Å²) in [5.41, 5.74) is 0. The fourth-order valence-electron chi connectivity index (χ4n) is 1.38. The molecule has 0 aliphatic carbocycles. The molecule has 0 bridgehead atoms. The number of rotatable bonds is 2. The lowest BCUT2D eigenvalue weighted by atomic mass is 10.1. The van der Waals surface area contributed by atoms with Crippen molar-refractivity contribution in [2.45, 2.75) is 26.3 Å². The van der Waals surface area contributed by atoms with E-state index < -0.39 is 5.24 Å². The van der Waals surface area contributed by atoms with Crippen LogP contribution in [0, 0.1) is 5.92 Å². The maximum absolute atomic E-state index is 11.2. The van der Waals surface area contributed by atoms with Gasteiger partial charge in [-0.1, -0.05) is 0 Å². The molecule has 3 nitrogen and oxygen atoms in total. The third-order valence-corrected chi connectivity index (χ3v) is 2.41. The van der Waals surface area contributed by atoms with Crippen molar-refractivity contribution < 1.29 is 9.59 Å². The van der Waals surface area contributed by atoms with Crippen LogP contribution in [-0.2, 0) is 9.59 Å². The van der Waals surface area contributed by atoms with Crippen molar-refractivity contribution in [2.75, 3.05) is 6.54 Å². The number of hydrogen-bond donors (Lipinski definition) is 0. The Morgan fingerprint density at radius 3 is 2.50 bits per heavy atom. The van der Waals surface area contributed by atoms with E-state index in [2.05, 4.69) is 0 Å². The molecule has 0 spiro atoms. The number of hydrogen-bond acceptors (Lipinski definition) is 2. The van der Waals surface area contributed by atoms with Gasteiger partial charge in [0.15, 0.2) is 0 Å². The Morgan fingerprint density at radius 1 is 1.67 bits per heavy atom. The van der Waals surface area contributed by atoms with Gasteiger partial charge in [-0.3, -0.25) is 9.59 Å². The van der Waals surface area contributed by atoms with Crippen molar-refractivity contribution in [1.29, 1.82) is 0 Å². The summed E-state index contributed by atoms with van der Waals surface area (Å²) in [4.78, 5) is 23.7. The lowest BCUT2D eigenvalue weighted by molar-refractivity contribution is -0.129. The molecule has 1 heterocycles. The highest BCUT2D eigenvalue weighted by atomic mass is 35.5. The number of halogens is 1. The van der Waals surface area contributed by atoms with Crippen molar-refractivity contribution in [2.24, 2.45) is 5.92 Å². The third kappa shape index (κ3) is 1.78. The molecule has 0 radical (unpaired) electrons. The van der Waals surface area contributed by atoms with E-state index in [0.29, 0.717) is 6.54 Å². The smallest absolute Gasteiger partial charge is 0.227 e. The van der Waals surface area contributed by atoms with E-state index in [4.69, 9.17) is 11.6 Å². The molecule has 0 aromatic heterocycles. The molecule has 1 unspecified atom stereocenters. The van der Waals surface area contributed by atoms with Gasteiger partial charge in [0.25, 0.3) is 0 Å². The molecule has 1 amide bonds. The van der Waals surface area contributed by atoms with Crippen LogP contribution in [0.4, 0.5) is 0 Å². The van der Waals surface area contributed by atoms with E-state index in [1.54, 1.807) is 4.90 Å². The summed E-state index contributed by atoms with van der Waals surface area (Å²) < 4.78 is 0. The van der Waals surface area contributed by atoms with Gasteiger partial charge in [-0.15, -0.1) is 0 Å². The number of amides is 1. The molecule has 1 rings (SSSR count). The highest BCUT2D eigenvalue weighted by Gasteiger charge is 2.34. The zero-order chi connectivity index (χ0) is 9.30. The van der Waals surface area contributed by atoms with E-state index in [9.17, 15) is 9.59 Å². The average molecular weight is 190 g/mol. The lowest BCUT2D eigenvalue weighted by Gasteiger charge is -2.20. The summed E-state index contributed by atoms with van der Waals surface area (Å²) in [5, 5.41) is -0.397. The van der Waals surface area contributed by atoms with Gasteiger partial charge in [0.2, 0.25) is 11.1 Å². The van der Waals surface area contributed by atoms with Gasteiger partial charge in [0.05, 0.1) is 5.92 Å². The van der Waals surface area contributed by atoms with Crippen LogP contribution in [0.5, 0.6) is 0 Å². The first-order chi connectivity index (χ1) is 5.52. The van der Waals surface area contributed by atoms with Gasteiger partial charge in [0.1, 0.15) is 0 Å². The normalized spacial score (nSPS) is 23.8. The Kier molecular flexibility index (Phi) is 2.73. The lowest BCUT2D eigenvalue weighted by Crippen LogP contribution is -2.32. The molecule has 1 aliphatic rings. The molecule has 1 fully saturated rings. The van der Waals surface area contributed by atoms with Crippen LogP contribution in [0.1, 0.15) is 20.3 Å². The predicted molar refractivity (Wildman–Crippen MR) is 45.8 cm³/mol. The molecule has 1 aliphatic heterocycles. The van der Waals surface area contributed by atoms with Crippen LogP contribution in [0.3, 0.4) is 0 Å². The topological polar surface area (TPSA) is 37.4 Å². The van der Waals surface area contributed by atoms with E-state index >= 15 is 0 Å². The Balaban J connectivity index is 2.62. The third-order valence-electron chi connectivity index (χ3n) is 2.10. The molecule has 0 N–H and O–H groups in total. The molecule has 1 saturated heterocycles.